The summed E-state index contributed by atoms with van der Waals surface area (Å²) in [5.41, 5.74) is -0.961. The molecule has 2 aromatic carbocycles. The molecule has 20 heteroatoms. The molecule has 3 saturated heterocycles. The summed E-state index contributed by atoms with van der Waals surface area (Å²) in [6, 6.07) is 6.41. The molecule has 10 N–H and O–H groups in total. The lowest BCUT2D eigenvalue weighted by Crippen LogP contribution is -2.64. The monoisotopic (exact) mass is 784 g/mol. The quantitative estimate of drug-likeness (QED) is 0.104. The third kappa shape index (κ3) is 7.79. The molecule has 20 nitrogen and oxygen atoms in total. The number of hydrogen-bond acceptors (Lipinski definition) is 20. The third-order valence-corrected chi connectivity index (χ3v) is 9.79. The lowest BCUT2D eigenvalue weighted by Gasteiger charge is -2.46. The van der Waals surface area contributed by atoms with E-state index in [1.807, 2.05) is 0 Å². The number of methoxy groups -OCH3 is 2. The van der Waals surface area contributed by atoms with Gasteiger partial charge in [0.25, 0.3) is 0 Å². The number of benzene rings is 2. The second kappa shape index (κ2) is 16.3. The van der Waals surface area contributed by atoms with Gasteiger partial charge in [0.15, 0.2) is 29.8 Å². The highest BCUT2D eigenvalue weighted by Gasteiger charge is 2.51. The van der Waals surface area contributed by atoms with Gasteiger partial charge in [0.1, 0.15) is 83.5 Å². The first-order valence-corrected chi connectivity index (χ1v) is 17.2. The molecule has 0 bridgehead atoms. The third-order valence-electron chi connectivity index (χ3n) is 9.79. The maximum Gasteiger partial charge on any atom is 0.239 e. The molecule has 15 atom stereocenters. The predicted octanol–water partition coefficient (Wildman–Crippen LogP) is -2.23. The van der Waals surface area contributed by atoms with Crippen molar-refractivity contribution in [1.82, 2.24) is 0 Å². The Labute approximate surface area is 311 Å². The predicted molar refractivity (Wildman–Crippen MR) is 181 cm³/mol. The van der Waals surface area contributed by atoms with Crippen molar-refractivity contribution in [2.24, 2.45) is 0 Å². The molecule has 55 heavy (non-hydrogen) atoms. The van der Waals surface area contributed by atoms with E-state index in [0.29, 0.717) is 0 Å². The summed E-state index contributed by atoms with van der Waals surface area (Å²) in [6.07, 6.45) is -24.2. The lowest BCUT2D eigenvalue weighted by molar-refractivity contribution is -0.358. The average molecular weight is 785 g/mol. The molecule has 0 spiro atoms. The van der Waals surface area contributed by atoms with Crippen LogP contribution in [0.1, 0.15) is 13.8 Å². The van der Waals surface area contributed by atoms with Gasteiger partial charge in [-0.25, -0.2) is 0 Å². The van der Waals surface area contributed by atoms with Crippen molar-refractivity contribution in [2.45, 2.75) is 106 Å². The summed E-state index contributed by atoms with van der Waals surface area (Å²) in [7, 11) is 2.62. The number of phenols is 2. The molecular weight excluding hydrogens is 740 g/mol. The highest BCUT2D eigenvalue weighted by Crippen LogP contribution is 2.40. The van der Waals surface area contributed by atoms with Gasteiger partial charge in [0.05, 0.1) is 33.0 Å². The minimum Gasteiger partial charge on any atom is -0.507 e. The molecule has 0 unspecified atom stereocenters. The Kier molecular flexibility index (Phi) is 12.1. The summed E-state index contributed by atoms with van der Waals surface area (Å²) in [4.78, 5) is 14.0. The van der Waals surface area contributed by atoms with Gasteiger partial charge in [-0.1, -0.05) is 0 Å². The van der Waals surface area contributed by atoms with Crippen molar-refractivity contribution in [3.8, 4) is 40.1 Å². The Hall–Kier alpha value is -3.87. The van der Waals surface area contributed by atoms with Crippen LogP contribution in [0.2, 0.25) is 0 Å². The lowest BCUT2D eigenvalue weighted by atomic mass is 9.97. The summed E-state index contributed by atoms with van der Waals surface area (Å²) in [5, 5.41) is 106. The molecule has 0 saturated carbocycles. The van der Waals surface area contributed by atoms with Crippen LogP contribution in [0.5, 0.6) is 28.7 Å². The van der Waals surface area contributed by atoms with Gasteiger partial charge in [0, 0.05) is 17.7 Å². The van der Waals surface area contributed by atoms with Crippen molar-refractivity contribution in [2.75, 3.05) is 20.8 Å². The first-order chi connectivity index (χ1) is 26.1. The standard InChI is InChI=1S/C35H44O20/c1-11-21(38)25(42)27(44)34(51-11)54-31-22(39)12(2)50-33(29(31)46)49-10-19-23(40)26(43)28(45)35(53-19)55-32-24(41)20-16(37)8-14(47-3)9-18(20)52-30(32)13-5-6-15(36)17(7-13)48-4/h5-9,11-12,19,21-23,25-29,31,33-40,42-46H,10H2,1-4H3/t11-,12+,19+,21-,22-,23+,25-,26-,27-,28-,29-,31-,33+,34-,35-/m0/s1. The highest BCUT2D eigenvalue weighted by molar-refractivity contribution is 5.88. The van der Waals surface area contributed by atoms with Crippen molar-refractivity contribution < 1.29 is 93.4 Å². The largest absolute Gasteiger partial charge is 0.507 e. The van der Waals surface area contributed by atoms with Crippen LogP contribution in [0.4, 0.5) is 0 Å². The van der Waals surface area contributed by atoms with Crippen LogP contribution in [0.15, 0.2) is 39.5 Å². The molecule has 3 aliphatic heterocycles. The van der Waals surface area contributed by atoms with Crippen LogP contribution >= 0.6 is 0 Å². The summed E-state index contributed by atoms with van der Waals surface area (Å²) in [5.74, 6) is -1.57. The van der Waals surface area contributed by atoms with E-state index in [1.165, 1.54) is 52.3 Å². The molecule has 1 aromatic heterocycles. The minimum atomic E-state index is -1.99. The van der Waals surface area contributed by atoms with E-state index in [9.17, 15) is 55.9 Å². The smallest absolute Gasteiger partial charge is 0.239 e. The van der Waals surface area contributed by atoms with Gasteiger partial charge in [-0.05, 0) is 32.0 Å². The second-order valence-electron chi connectivity index (χ2n) is 13.4. The molecule has 3 aliphatic rings. The summed E-state index contributed by atoms with van der Waals surface area (Å²) >= 11 is 0. The van der Waals surface area contributed by atoms with Crippen LogP contribution in [0.3, 0.4) is 0 Å². The number of aliphatic hydroxyl groups excluding tert-OH is 8. The van der Waals surface area contributed by atoms with E-state index in [-0.39, 0.29) is 39.5 Å². The molecule has 304 valence electrons. The second-order valence-corrected chi connectivity index (χ2v) is 13.4. The fraction of sp³-hybridized carbons (Fsp3) is 0.571. The Morgan fingerprint density at radius 3 is 2.02 bits per heavy atom. The Morgan fingerprint density at radius 2 is 1.33 bits per heavy atom. The number of phenolic OH excluding ortho intramolecular Hbond substituents is 2. The number of rotatable bonds is 10. The van der Waals surface area contributed by atoms with Gasteiger partial charge in [0.2, 0.25) is 17.5 Å². The van der Waals surface area contributed by atoms with E-state index in [4.69, 9.17) is 42.3 Å². The van der Waals surface area contributed by atoms with E-state index < -0.39 is 116 Å². The van der Waals surface area contributed by atoms with Crippen LogP contribution in [-0.4, -0.2) is 164 Å². The van der Waals surface area contributed by atoms with Crippen LogP contribution in [0.25, 0.3) is 22.3 Å². The number of aromatic hydroxyl groups is 2. The average Bonchev–Trinajstić information content (AvgIpc) is 3.16. The van der Waals surface area contributed by atoms with Gasteiger partial charge in [-0.15, -0.1) is 0 Å². The fourth-order valence-corrected chi connectivity index (χ4v) is 6.53. The van der Waals surface area contributed by atoms with Crippen LogP contribution < -0.4 is 19.6 Å². The van der Waals surface area contributed by atoms with E-state index in [1.54, 1.807) is 0 Å². The van der Waals surface area contributed by atoms with E-state index in [0.717, 1.165) is 6.07 Å². The maximum absolute atomic E-state index is 14.0. The topological polar surface area (TPSA) is 306 Å². The zero-order chi connectivity index (χ0) is 40.0. The van der Waals surface area contributed by atoms with E-state index >= 15 is 0 Å². The molecule has 3 fully saturated rings. The van der Waals surface area contributed by atoms with Gasteiger partial charge in [-0.2, -0.15) is 0 Å². The van der Waals surface area contributed by atoms with Crippen LogP contribution in [0, 0.1) is 0 Å². The molecule has 0 aliphatic carbocycles. The normalized spacial score (nSPS) is 36.8. The summed E-state index contributed by atoms with van der Waals surface area (Å²) in [6.45, 7) is 2.17. The van der Waals surface area contributed by atoms with Crippen molar-refractivity contribution in [3.63, 3.8) is 0 Å². The molecule has 0 radical (unpaired) electrons. The minimum absolute atomic E-state index is 0.0145. The molecule has 4 heterocycles. The Morgan fingerprint density at radius 1 is 0.673 bits per heavy atom. The van der Waals surface area contributed by atoms with Gasteiger partial charge in [-0.3, -0.25) is 4.79 Å². The maximum atomic E-state index is 14.0. The number of hydrogen-bond donors (Lipinski definition) is 10. The van der Waals surface area contributed by atoms with Gasteiger partial charge < -0.3 is 93.4 Å². The number of fused-ring (bicyclic) bond motifs is 1. The number of ether oxygens (including phenoxy) is 8. The van der Waals surface area contributed by atoms with Crippen molar-refractivity contribution in [3.05, 3.63) is 40.6 Å². The van der Waals surface area contributed by atoms with Crippen LogP contribution in [-0.2, 0) is 23.7 Å². The zero-order valence-corrected chi connectivity index (χ0v) is 29.8. The fourth-order valence-electron chi connectivity index (χ4n) is 6.53. The van der Waals surface area contributed by atoms with E-state index in [2.05, 4.69) is 0 Å². The molecular formula is C35H44O20. The summed E-state index contributed by atoms with van der Waals surface area (Å²) < 4.78 is 50.4. The van der Waals surface area contributed by atoms with Crippen molar-refractivity contribution >= 4 is 11.0 Å². The molecule has 0 amide bonds. The van der Waals surface area contributed by atoms with Gasteiger partial charge >= 0.3 is 0 Å². The highest BCUT2D eigenvalue weighted by atomic mass is 16.7. The zero-order valence-electron chi connectivity index (χ0n) is 29.8. The SMILES string of the molecule is COc1cc(O)c2c(=O)c(O[C@@H]3O[C@H](CO[C@@H]4O[C@H](C)[C@H](O)[C@H](O[C@@H]5O[C@@H](C)[C@H](O)[C@H](O)[C@@H]5O)[C@@H]4O)[C@@H](O)[C@H](O)[C@@H]3O)c(-c3ccc(O)c(OC)c3)oc2c1. The molecule has 6 rings (SSSR count). The first-order valence-electron chi connectivity index (χ1n) is 17.2. The first kappa shape index (κ1) is 40.8. The van der Waals surface area contributed by atoms with Crippen molar-refractivity contribution in [1.29, 1.82) is 0 Å². The Balaban J connectivity index is 1.25. The Bertz CT molecular complexity index is 1870. The molecule has 3 aromatic rings. The number of aliphatic hydroxyl groups is 8.